The first-order valence-electron chi connectivity index (χ1n) is 7.74. The molecule has 1 aliphatic heterocycles. The van der Waals surface area contributed by atoms with Gasteiger partial charge >= 0.3 is 6.03 Å². The molecular weight excluding hydrogens is 331 g/mol. The molecular formula is C17H18ClFN4O. The zero-order chi connectivity index (χ0) is 16.9. The maximum atomic E-state index is 13.1. The summed E-state index contributed by atoms with van der Waals surface area (Å²) >= 11 is 5.73. The van der Waals surface area contributed by atoms with Gasteiger partial charge in [0.05, 0.1) is 5.02 Å². The normalized spacial score (nSPS) is 15.3. The van der Waals surface area contributed by atoms with Gasteiger partial charge in [0, 0.05) is 50.8 Å². The lowest BCUT2D eigenvalue weighted by Crippen LogP contribution is -2.49. The Hall–Kier alpha value is -2.18. The Morgan fingerprint density at radius 2 is 2.04 bits per heavy atom. The molecule has 126 valence electrons. The molecule has 1 aromatic heterocycles. The lowest BCUT2D eigenvalue weighted by atomic mass is 10.2. The van der Waals surface area contributed by atoms with Gasteiger partial charge in [-0.05, 0) is 29.8 Å². The van der Waals surface area contributed by atoms with Gasteiger partial charge in [-0.3, -0.25) is 9.88 Å². The number of hydrogen-bond acceptors (Lipinski definition) is 3. The summed E-state index contributed by atoms with van der Waals surface area (Å²) in [5, 5.41) is 2.75. The summed E-state index contributed by atoms with van der Waals surface area (Å²) in [7, 11) is 0. The highest BCUT2D eigenvalue weighted by atomic mass is 35.5. The van der Waals surface area contributed by atoms with Gasteiger partial charge in [-0.1, -0.05) is 17.7 Å². The molecule has 2 aromatic rings. The fourth-order valence-corrected chi connectivity index (χ4v) is 2.82. The molecule has 1 saturated heterocycles. The van der Waals surface area contributed by atoms with Crippen LogP contribution in [0.4, 0.5) is 14.9 Å². The number of rotatable bonds is 3. The summed E-state index contributed by atoms with van der Waals surface area (Å²) in [6.45, 7) is 3.71. The van der Waals surface area contributed by atoms with E-state index in [9.17, 15) is 9.18 Å². The zero-order valence-corrected chi connectivity index (χ0v) is 13.8. The molecule has 1 aliphatic rings. The van der Waals surface area contributed by atoms with Gasteiger partial charge in [0.1, 0.15) is 5.82 Å². The lowest BCUT2D eigenvalue weighted by Gasteiger charge is -2.34. The number of piperazine rings is 1. The van der Waals surface area contributed by atoms with Crippen LogP contribution >= 0.6 is 11.6 Å². The van der Waals surface area contributed by atoms with Crippen LogP contribution in [0, 0.1) is 5.82 Å². The second kappa shape index (κ2) is 7.59. The number of carbonyl (C=O) groups is 1. The first-order chi connectivity index (χ1) is 11.6. The molecule has 0 spiro atoms. The quantitative estimate of drug-likeness (QED) is 0.926. The number of aromatic nitrogens is 1. The molecule has 1 aromatic carbocycles. The van der Waals surface area contributed by atoms with Gasteiger partial charge < -0.3 is 10.2 Å². The number of amides is 2. The van der Waals surface area contributed by atoms with Gasteiger partial charge in [0.2, 0.25) is 0 Å². The van der Waals surface area contributed by atoms with Crippen molar-refractivity contribution in [2.24, 2.45) is 0 Å². The van der Waals surface area contributed by atoms with Crippen LogP contribution in [0.1, 0.15) is 5.56 Å². The average Bonchev–Trinajstić information content (AvgIpc) is 2.60. The summed E-state index contributed by atoms with van der Waals surface area (Å²) in [6, 6.07) is 7.92. The third kappa shape index (κ3) is 4.21. The molecule has 0 saturated carbocycles. The fourth-order valence-electron chi connectivity index (χ4n) is 2.64. The van der Waals surface area contributed by atoms with E-state index < -0.39 is 5.82 Å². The molecule has 2 amide bonds. The van der Waals surface area contributed by atoms with Crippen LogP contribution in [0.25, 0.3) is 0 Å². The predicted octanol–water partition coefficient (Wildman–Crippen LogP) is 3.22. The molecule has 24 heavy (non-hydrogen) atoms. The molecule has 0 atom stereocenters. The Labute approximate surface area is 145 Å². The first-order valence-corrected chi connectivity index (χ1v) is 8.12. The second-order valence-corrected chi connectivity index (χ2v) is 6.09. The van der Waals surface area contributed by atoms with Crippen molar-refractivity contribution < 1.29 is 9.18 Å². The number of nitrogens with zero attached hydrogens (tertiary/aromatic N) is 3. The van der Waals surface area contributed by atoms with Crippen LogP contribution in [0.15, 0.2) is 42.7 Å². The highest BCUT2D eigenvalue weighted by molar-refractivity contribution is 6.31. The summed E-state index contributed by atoms with van der Waals surface area (Å²) < 4.78 is 13.1. The first kappa shape index (κ1) is 16.7. The van der Waals surface area contributed by atoms with Crippen molar-refractivity contribution in [2.45, 2.75) is 6.54 Å². The minimum absolute atomic E-state index is 0.00547. The van der Waals surface area contributed by atoms with E-state index in [1.807, 2.05) is 18.3 Å². The van der Waals surface area contributed by atoms with Crippen molar-refractivity contribution in [3.8, 4) is 0 Å². The number of hydrogen-bond donors (Lipinski definition) is 1. The van der Waals surface area contributed by atoms with Crippen molar-refractivity contribution in [2.75, 3.05) is 31.5 Å². The smallest absolute Gasteiger partial charge is 0.321 e. The van der Waals surface area contributed by atoms with E-state index in [0.717, 1.165) is 25.2 Å². The monoisotopic (exact) mass is 348 g/mol. The van der Waals surface area contributed by atoms with Gasteiger partial charge in [0.25, 0.3) is 0 Å². The van der Waals surface area contributed by atoms with Crippen molar-refractivity contribution in [1.29, 1.82) is 0 Å². The zero-order valence-electron chi connectivity index (χ0n) is 13.1. The van der Waals surface area contributed by atoms with Crippen molar-refractivity contribution in [1.82, 2.24) is 14.8 Å². The van der Waals surface area contributed by atoms with Crippen molar-refractivity contribution in [3.05, 3.63) is 59.1 Å². The van der Waals surface area contributed by atoms with E-state index in [2.05, 4.69) is 15.2 Å². The van der Waals surface area contributed by atoms with E-state index in [0.29, 0.717) is 18.8 Å². The highest BCUT2D eigenvalue weighted by Gasteiger charge is 2.21. The van der Waals surface area contributed by atoms with Crippen LogP contribution in [0.2, 0.25) is 5.02 Å². The van der Waals surface area contributed by atoms with Crippen LogP contribution in [0.3, 0.4) is 0 Å². The maximum absolute atomic E-state index is 13.1. The molecule has 0 unspecified atom stereocenters. The van der Waals surface area contributed by atoms with E-state index in [1.54, 1.807) is 11.1 Å². The van der Waals surface area contributed by atoms with E-state index in [-0.39, 0.29) is 11.1 Å². The minimum Gasteiger partial charge on any atom is -0.322 e. The molecule has 1 N–H and O–H groups in total. The summed E-state index contributed by atoms with van der Waals surface area (Å²) in [6.07, 6.45) is 3.62. The number of anilines is 1. The number of pyridine rings is 1. The van der Waals surface area contributed by atoms with Crippen LogP contribution < -0.4 is 5.32 Å². The topological polar surface area (TPSA) is 48.5 Å². The maximum Gasteiger partial charge on any atom is 0.321 e. The fraction of sp³-hybridized carbons (Fsp3) is 0.294. The third-order valence-corrected chi connectivity index (χ3v) is 4.25. The highest BCUT2D eigenvalue weighted by Crippen LogP contribution is 2.20. The molecule has 5 nitrogen and oxygen atoms in total. The number of benzene rings is 1. The number of halogens is 2. The molecule has 0 radical (unpaired) electrons. The Morgan fingerprint density at radius 1 is 1.25 bits per heavy atom. The van der Waals surface area contributed by atoms with E-state index >= 15 is 0 Å². The number of nitrogens with one attached hydrogen (secondary N) is 1. The summed E-state index contributed by atoms with van der Waals surface area (Å²) in [5.41, 5.74) is 1.65. The largest absolute Gasteiger partial charge is 0.322 e. The number of urea groups is 1. The van der Waals surface area contributed by atoms with Crippen molar-refractivity contribution in [3.63, 3.8) is 0 Å². The second-order valence-electron chi connectivity index (χ2n) is 5.68. The van der Waals surface area contributed by atoms with Crippen LogP contribution in [-0.4, -0.2) is 47.0 Å². The Morgan fingerprint density at radius 3 is 2.71 bits per heavy atom. The molecule has 2 heterocycles. The summed E-state index contributed by atoms with van der Waals surface area (Å²) in [4.78, 5) is 20.4. The van der Waals surface area contributed by atoms with Crippen LogP contribution in [-0.2, 0) is 6.54 Å². The van der Waals surface area contributed by atoms with E-state index in [4.69, 9.17) is 11.6 Å². The SMILES string of the molecule is O=C(Nc1ccc(F)c(Cl)c1)N1CCN(Cc2cccnc2)CC1. The van der Waals surface area contributed by atoms with E-state index in [1.165, 1.54) is 18.2 Å². The van der Waals surface area contributed by atoms with Gasteiger partial charge in [-0.15, -0.1) is 0 Å². The Kier molecular flexibility index (Phi) is 5.27. The predicted molar refractivity (Wildman–Crippen MR) is 91.5 cm³/mol. The van der Waals surface area contributed by atoms with Crippen LogP contribution in [0.5, 0.6) is 0 Å². The molecule has 7 heteroatoms. The lowest BCUT2D eigenvalue weighted by molar-refractivity contribution is 0.143. The number of carbonyl (C=O) groups excluding carboxylic acids is 1. The Balaban J connectivity index is 1.50. The minimum atomic E-state index is -0.501. The molecule has 0 bridgehead atoms. The average molecular weight is 349 g/mol. The van der Waals surface area contributed by atoms with Crippen molar-refractivity contribution >= 4 is 23.3 Å². The summed E-state index contributed by atoms with van der Waals surface area (Å²) in [5.74, 6) is -0.501. The third-order valence-electron chi connectivity index (χ3n) is 3.96. The molecule has 1 fully saturated rings. The molecule has 3 rings (SSSR count). The standard InChI is InChI=1S/C17H18ClFN4O/c18-15-10-14(3-4-16(15)19)21-17(24)23-8-6-22(7-9-23)12-13-2-1-5-20-11-13/h1-5,10-11H,6-9,12H2,(H,21,24). The van der Waals surface area contributed by atoms with Gasteiger partial charge in [0.15, 0.2) is 0 Å². The van der Waals surface area contributed by atoms with Gasteiger partial charge in [-0.2, -0.15) is 0 Å². The van der Waals surface area contributed by atoms with Gasteiger partial charge in [-0.25, -0.2) is 9.18 Å². The molecule has 0 aliphatic carbocycles. The Bertz CT molecular complexity index is 705.